The number of amides is 2. The Morgan fingerprint density at radius 2 is 1.64 bits per heavy atom. The molecule has 3 atom stereocenters. The van der Waals surface area contributed by atoms with Gasteiger partial charge >= 0.3 is 0 Å². The Morgan fingerprint density at radius 1 is 0.964 bits per heavy atom. The normalized spacial score (nSPS) is 27.3. The fraction of sp³-hybridized carbons (Fsp3) is 0.381. The van der Waals surface area contributed by atoms with Gasteiger partial charge in [0.25, 0.3) is 5.91 Å². The minimum atomic E-state index is -0.431. The maximum atomic E-state index is 13.4. The van der Waals surface area contributed by atoms with Crippen LogP contribution in [0, 0.1) is 5.92 Å². The summed E-state index contributed by atoms with van der Waals surface area (Å²) < 4.78 is 5.47. The van der Waals surface area contributed by atoms with Crippen LogP contribution in [0.2, 0.25) is 0 Å². The Hall–Kier alpha value is -2.77. The van der Waals surface area contributed by atoms with Crippen LogP contribution in [0.15, 0.2) is 48.8 Å². The van der Waals surface area contributed by atoms with Crippen LogP contribution in [-0.2, 0) is 9.59 Å². The lowest BCUT2D eigenvalue weighted by atomic mass is 9.90. The molecule has 0 unspecified atom stereocenters. The second kappa shape index (κ2) is 6.68. The number of nitrogens with zero attached hydrogens (tertiary/aromatic N) is 4. The highest BCUT2D eigenvalue weighted by Gasteiger charge is 2.62. The number of fused-ring (bicyclic) bond motifs is 3. The highest BCUT2D eigenvalue weighted by Crippen LogP contribution is 2.48. The monoisotopic (exact) mass is 378 g/mol. The fourth-order valence-electron chi connectivity index (χ4n) is 4.79. The number of hydrazine groups is 1. The van der Waals surface area contributed by atoms with E-state index in [4.69, 9.17) is 4.74 Å². The topological polar surface area (TPSA) is 66.0 Å². The summed E-state index contributed by atoms with van der Waals surface area (Å²) in [6.07, 6.45) is 4.48. The Kier molecular flexibility index (Phi) is 4.14. The summed E-state index contributed by atoms with van der Waals surface area (Å²) in [7, 11) is 0. The number of pyridine rings is 1. The molecule has 7 heteroatoms. The summed E-state index contributed by atoms with van der Waals surface area (Å²) in [5.41, 5.74) is 1.64. The van der Waals surface area contributed by atoms with Gasteiger partial charge in [0, 0.05) is 25.5 Å². The average molecular weight is 378 g/mol. The molecule has 3 aliphatic rings. The van der Waals surface area contributed by atoms with E-state index in [0.717, 1.165) is 30.8 Å². The lowest BCUT2D eigenvalue weighted by Gasteiger charge is -2.29. The molecule has 1 aromatic heterocycles. The summed E-state index contributed by atoms with van der Waals surface area (Å²) in [5.74, 6) is 0.0608. The Labute approximate surface area is 163 Å². The molecule has 3 fully saturated rings. The standard InChI is InChI=1S/C21H22N4O3/c1-2-28-16-6-4-15(5-7-16)25-20(26)17-18(14-8-10-22-11-9-14)23-12-3-13-24(23)19(17)21(25)27/h4-11,17-19H,2-3,12-13H2,1H3/t17-,18-,19-/m0/s1. The first-order valence-corrected chi connectivity index (χ1v) is 9.74. The highest BCUT2D eigenvalue weighted by molar-refractivity contribution is 6.24. The van der Waals surface area contributed by atoms with Crippen LogP contribution in [-0.4, -0.2) is 52.6 Å². The van der Waals surface area contributed by atoms with E-state index in [2.05, 4.69) is 15.0 Å². The number of benzene rings is 1. The van der Waals surface area contributed by atoms with Crippen molar-refractivity contribution in [2.75, 3.05) is 24.6 Å². The second-order valence-electron chi connectivity index (χ2n) is 7.31. The molecule has 1 aromatic carbocycles. The van der Waals surface area contributed by atoms with E-state index in [9.17, 15) is 9.59 Å². The summed E-state index contributed by atoms with van der Waals surface area (Å²) in [6, 6.07) is 10.5. The predicted molar refractivity (Wildman–Crippen MR) is 102 cm³/mol. The van der Waals surface area contributed by atoms with Gasteiger partial charge in [0.1, 0.15) is 11.8 Å². The van der Waals surface area contributed by atoms with Gasteiger partial charge in [-0.15, -0.1) is 0 Å². The molecule has 28 heavy (non-hydrogen) atoms. The lowest BCUT2D eigenvalue weighted by Crippen LogP contribution is -2.44. The van der Waals surface area contributed by atoms with Gasteiger partial charge in [0.15, 0.2) is 0 Å². The first kappa shape index (κ1) is 17.3. The van der Waals surface area contributed by atoms with E-state index >= 15 is 0 Å². The summed E-state index contributed by atoms with van der Waals surface area (Å²) in [5, 5.41) is 4.31. The molecular weight excluding hydrogens is 356 g/mol. The summed E-state index contributed by atoms with van der Waals surface area (Å²) in [4.78, 5) is 32.2. The third kappa shape index (κ3) is 2.47. The third-order valence-corrected chi connectivity index (χ3v) is 5.86. The van der Waals surface area contributed by atoms with Crippen molar-refractivity contribution in [2.45, 2.75) is 25.4 Å². The number of rotatable bonds is 4. The third-order valence-electron chi connectivity index (χ3n) is 5.86. The first-order chi connectivity index (χ1) is 13.7. The van der Waals surface area contributed by atoms with Crippen LogP contribution in [0.5, 0.6) is 5.75 Å². The molecule has 3 aliphatic heterocycles. The summed E-state index contributed by atoms with van der Waals surface area (Å²) >= 11 is 0. The number of carbonyl (C=O) groups excluding carboxylic acids is 2. The molecule has 3 saturated heterocycles. The van der Waals surface area contributed by atoms with Crippen molar-refractivity contribution in [1.29, 1.82) is 0 Å². The van der Waals surface area contributed by atoms with Crippen molar-refractivity contribution < 1.29 is 14.3 Å². The zero-order valence-corrected chi connectivity index (χ0v) is 15.7. The SMILES string of the molecule is CCOc1ccc(N2C(=O)[C@@H]3[C@@H](C2=O)N2CCCN2[C@H]3c2ccncc2)cc1. The molecule has 2 aromatic rings. The van der Waals surface area contributed by atoms with Gasteiger partial charge in [0.2, 0.25) is 5.91 Å². The number of ether oxygens (including phenoxy) is 1. The maximum Gasteiger partial charge on any atom is 0.253 e. The molecule has 7 nitrogen and oxygen atoms in total. The summed E-state index contributed by atoms with van der Waals surface area (Å²) in [6.45, 7) is 4.16. The maximum absolute atomic E-state index is 13.4. The smallest absolute Gasteiger partial charge is 0.253 e. The molecule has 5 rings (SSSR count). The van der Waals surface area contributed by atoms with Crippen LogP contribution in [0.4, 0.5) is 5.69 Å². The molecule has 4 heterocycles. The van der Waals surface area contributed by atoms with Crippen molar-refractivity contribution in [3.8, 4) is 5.75 Å². The second-order valence-corrected chi connectivity index (χ2v) is 7.31. The number of imide groups is 1. The Balaban J connectivity index is 1.52. The minimum absolute atomic E-state index is 0.125. The van der Waals surface area contributed by atoms with Crippen molar-refractivity contribution in [3.63, 3.8) is 0 Å². The van der Waals surface area contributed by atoms with Gasteiger partial charge < -0.3 is 4.74 Å². The van der Waals surface area contributed by atoms with Gasteiger partial charge in [0.05, 0.1) is 24.3 Å². The largest absolute Gasteiger partial charge is 0.494 e. The van der Waals surface area contributed by atoms with E-state index in [1.54, 1.807) is 36.7 Å². The van der Waals surface area contributed by atoms with Crippen LogP contribution in [0.1, 0.15) is 24.9 Å². The van der Waals surface area contributed by atoms with Crippen molar-refractivity contribution >= 4 is 17.5 Å². The molecular formula is C21H22N4O3. The quantitative estimate of drug-likeness (QED) is 0.759. The fourth-order valence-corrected chi connectivity index (χ4v) is 4.79. The lowest BCUT2D eigenvalue weighted by molar-refractivity contribution is -0.126. The average Bonchev–Trinajstić information content (AvgIpc) is 3.36. The van der Waals surface area contributed by atoms with Gasteiger partial charge in [-0.3, -0.25) is 14.6 Å². The van der Waals surface area contributed by atoms with Crippen molar-refractivity contribution in [2.24, 2.45) is 5.92 Å². The van der Waals surface area contributed by atoms with E-state index in [1.165, 1.54) is 4.90 Å². The molecule has 0 radical (unpaired) electrons. The van der Waals surface area contributed by atoms with Crippen LogP contribution >= 0.6 is 0 Å². The van der Waals surface area contributed by atoms with Crippen molar-refractivity contribution in [1.82, 2.24) is 15.0 Å². The molecule has 0 spiro atoms. The molecule has 0 saturated carbocycles. The first-order valence-electron chi connectivity index (χ1n) is 9.74. The van der Waals surface area contributed by atoms with Gasteiger partial charge in [-0.25, -0.2) is 14.9 Å². The van der Waals surface area contributed by atoms with Crippen molar-refractivity contribution in [3.05, 3.63) is 54.4 Å². The number of carbonyl (C=O) groups is 2. The number of aromatic nitrogens is 1. The number of anilines is 1. The predicted octanol–water partition coefficient (Wildman–Crippen LogP) is 2.02. The van der Waals surface area contributed by atoms with Gasteiger partial charge in [-0.05, 0) is 55.3 Å². The van der Waals surface area contributed by atoms with E-state index in [0.29, 0.717) is 12.3 Å². The van der Waals surface area contributed by atoms with E-state index in [1.807, 2.05) is 19.1 Å². The van der Waals surface area contributed by atoms with Crippen LogP contribution in [0.3, 0.4) is 0 Å². The molecule has 0 bridgehead atoms. The van der Waals surface area contributed by atoms with E-state index in [-0.39, 0.29) is 17.9 Å². The zero-order chi connectivity index (χ0) is 19.3. The van der Waals surface area contributed by atoms with Crippen LogP contribution < -0.4 is 9.64 Å². The molecule has 144 valence electrons. The Morgan fingerprint density at radius 3 is 2.32 bits per heavy atom. The molecule has 0 N–H and O–H groups in total. The minimum Gasteiger partial charge on any atom is -0.494 e. The zero-order valence-electron chi connectivity index (χ0n) is 15.7. The number of hydrogen-bond donors (Lipinski definition) is 0. The van der Waals surface area contributed by atoms with Crippen LogP contribution in [0.25, 0.3) is 0 Å². The van der Waals surface area contributed by atoms with E-state index < -0.39 is 12.0 Å². The van der Waals surface area contributed by atoms with Gasteiger partial charge in [-0.1, -0.05) is 0 Å². The molecule has 0 aliphatic carbocycles. The highest BCUT2D eigenvalue weighted by atomic mass is 16.5. The van der Waals surface area contributed by atoms with Gasteiger partial charge in [-0.2, -0.15) is 0 Å². The molecule has 2 amide bonds. The Bertz CT molecular complexity index is 902. The number of hydrogen-bond acceptors (Lipinski definition) is 6.